The lowest BCUT2D eigenvalue weighted by Crippen LogP contribution is -2.55. The Morgan fingerprint density at radius 1 is 1.43 bits per heavy atom. The normalized spacial score (nSPS) is 19.0. The third kappa shape index (κ3) is 2.08. The summed E-state index contributed by atoms with van der Waals surface area (Å²) in [6.45, 7) is 4.28. The first kappa shape index (κ1) is 9.97. The van der Waals surface area contributed by atoms with Crippen LogP contribution in [0.5, 0.6) is 0 Å². The molecule has 2 nitrogen and oxygen atoms in total. The molecule has 1 atom stereocenters. The van der Waals surface area contributed by atoms with Gasteiger partial charge in [0.25, 0.3) is 0 Å². The van der Waals surface area contributed by atoms with Gasteiger partial charge >= 0.3 is 0 Å². The Balaban J connectivity index is 2.02. The highest BCUT2D eigenvalue weighted by Gasteiger charge is 2.19. The van der Waals surface area contributed by atoms with Crippen molar-refractivity contribution < 1.29 is 0 Å². The van der Waals surface area contributed by atoms with Gasteiger partial charge in [0, 0.05) is 30.2 Å². The third-order valence-electron chi connectivity index (χ3n) is 2.64. The molecule has 1 aromatic carbocycles. The van der Waals surface area contributed by atoms with Gasteiger partial charge in [-0.3, -0.25) is 0 Å². The van der Waals surface area contributed by atoms with Crippen molar-refractivity contribution in [3.05, 3.63) is 34.9 Å². The Labute approximate surface area is 89.7 Å². The Kier molecular flexibility index (Phi) is 3.06. The van der Waals surface area contributed by atoms with Gasteiger partial charge in [-0.15, -0.1) is 0 Å². The van der Waals surface area contributed by atoms with Crippen molar-refractivity contribution in [2.24, 2.45) is 0 Å². The molecule has 0 radical (unpaired) electrons. The molecule has 3 heteroatoms. The largest absolute Gasteiger partial charge is 0.314 e. The van der Waals surface area contributed by atoms with Crippen molar-refractivity contribution in [1.29, 1.82) is 0 Å². The summed E-state index contributed by atoms with van der Waals surface area (Å²) in [7, 11) is 0. The van der Waals surface area contributed by atoms with Gasteiger partial charge in [-0.2, -0.15) is 0 Å². The van der Waals surface area contributed by atoms with Crippen LogP contribution in [0.2, 0.25) is 5.02 Å². The molecule has 1 unspecified atom stereocenters. The maximum Gasteiger partial charge on any atom is 0.0453 e. The van der Waals surface area contributed by atoms with Crippen molar-refractivity contribution in [1.82, 2.24) is 10.6 Å². The summed E-state index contributed by atoms with van der Waals surface area (Å²) in [5.41, 5.74) is 1.18. The minimum Gasteiger partial charge on any atom is -0.314 e. The average Bonchev–Trinajstić information content (AvgIpc) is 2.12. The molecule has 14 heavy (non-hydrogen) atoms. The number of hydrogen-bond acceptors (Lipinski definition) is 2. The van der Waals surface area contributed by atoms with E-state index >= 15 is 0 Å². The average molecular weight is 211 g/mol. The van der Waals surface area contributed by atoms with E-state index in [1.807, 2.05) is 18.2 Å². The number of halogens is 1. The van der Waals surface area contributed by atoms with E-state index in [4.69, 9.17) is 11.6 Å². The highest BCUT2D eigenvalue weighted by Crippen LogP contribution is 2.22. The molecule has 2 rings (SSSR count). The predicted octanol–water partition coefficient (Wildman–Crippen LogP) is 1.96. The van der Waals surface area contributed by atoms with E-state index in [0.717, 1.165) is 18.1 Å². The third-order valence-corrected chi connectivity index (χ3v) is 2.98. The molecule has 0 aliphatic carbocycles. The number of nitrogens with one attached hydrogen (secondary N) is 2. The van der Waals surface area contributed by atoms with E-state index in [2.05, 4.69) is 23.6 Å². The molecule has 0 bridgehead atoms. The second kappa shape index (κ2) is 4.30. The van der Waals surface area contributed by atoms with Crippen LogP contribution in [0.25, 0.3) is 0 Å². The van der Waals surface area contributed by atoms with Gasteiger partial charge in [0.2, 0.25) is 0 Å². The summed E-state index contributed by atoms with van der Waals surface area (Å²) in [4.78, 5) is 0. The van der Waals surface area contributed by atoms with Crippen molar-refractivity contribution >= 4 is 11.6 Å². The quantitative estimate of drug-likeness (QED) is 0.797. The second-order valence-electron chi connectivity index (χ2n) is 3.77. The van der Waals surface area contributed by atoms with Gasteiger partial charge < -0.3 is 10.6 Å². The molecule has 0 amide bonds. The second-order valence-corrected chi connectivity index (χ2v) is 4.17. The maximum atomic E-state index is 6.11. The zero-order valence-corrected chi connectivity index (χ0v) is 9.01. The molecule has 1 fully saturated rings. The Morgan fingerprint density at radius 2 is 2.14 bits per heavy atom. The molecule has 1 saturated heterocycles. The zero-order valence-electron chi connectivity index (χ0n) is 8.26. The van der Waals surface area contributed by atoms with Crippen LogP contribution in [0.3, 0.4) is 0 Å². The lowest BCUT2D eigenvalue weighted by atomic mass is 10.1. The molecule has 76 valence electrons. The van der Waals surface area contributed by atoms with Gasteiger partial charge in [-0.1, -0.05) is 29.8 Å². The molecule has 2 N–H and O–H groups in total. The van der Waals surface area contributed by atoms with E-state index in [1.54, 1.807) is 0 Å². The Hall–Kier alpha value is -0.570. The van der Waals surface area contributed by atoms with Gasteiger partial charge in [0.15, 0.2) is 0 Å². The Bertz CT molecular complexity index is 310. The first-order valence-corrected chi connectivity index (χ1v) is 5.36. The van der Waals surface area contributed by atoms with Gasteiger partial charge in [0.1, 0.15) is 0 Å². The van der Waals surface area contributed by atoms with E-state index < -0.39 is 0 Å². The van der Waals surface area contributed by atoms with Crippen molar-refractivity contribution in [2.45, 2.75) is 19.0 Å². The van der Waals surface area contributed by atoms with Crippen LogP contribution >= 0.6 is 11.6 Å². The predicted molar refractivity (Wildman–Crippen MR) is 59.7 cm³/mol. The zero-order chi connectivity index (χ0) is 9.97. The summed E-state index contributed by atoms with van der Waals surface area (Å²) < 4.78 is 0. The van der Waals surface area contributed by atoms with Crippen LogP contribution in [-0.4, -0.2) is 19.1 Å². The lowest BCUT2D eigenvalue weighted by Gasteiger charge is -2.31. The topological polar surface area (TPSA) is 24.1 Å². The van der Waals surface area contributed by atoms with E-state index in [9.17, 15) is 0 Å². The molecule has 0 aromatic heterocycles. The Morgan fingerprint density at radius 3 is 2.71 bits per heavy atom. The summed E-state index contributed by atoms with van der Waals surface area (Å²) in [5.74, 6) is 0. The summed E-state index contributed by atoms with van der Waals surface area (Å²) >= 11 is 6.11. The first-order valence-electron chi connectivity index (χ1n) is 4.98. The van der Waals surface area contributed by atoms with Crippen LogP contribution in [0.15, 0.2) is 24.3 Å². The molecule has 1 aliphatic rings. The molecular formula is C11H15ClN2. The van der Waals surface area contributed by atoms with E-state index in [1.165, 1.54) is 5.56 Å². The summed E-state index contributed by atoms with van der Waals surface area (Å²) in [5, 5.41) is 7.61. The van der Waals surface area contributed by atoms with Crippen LogP contribution in [-0.2, 0) is 0 Å². The monoisotopic (exact) mass is 210 g/mol. The highest BCUT2D eigenvalue weighted by atomic mass is 35.5. The van der Waals surface area contributed by atoms with Crippen molar-refractivity contribution in [3.8, 4) is 0 Å². The molecule has 1 aromatic rings. The van der Waals surface area contributed by atoms with Crippen molar-refractivity contribution in [3.63, 3.8) is 0 Å². The smallest absolute Gasteiger partial charge is 0.0453 e. The fourth-order valence-corrected chi connectivity index (χ4v) is 1.98. The fraction of sp³-hybridized carbons (Fsp3) is 0.455. The van der Waals surface area contributed by atoms with Gasteiger partial charge in [-0.25, -0.2) is 0 Å². The maximum absolute atomic E-state index is 6.11. The van der Waals surface area contributed by atoms with Gasteiger partial charge in [-0.05, 0) is 18.6 Å². The minimum absolute atomic E-state index is 0.329. The van der Waals surface area contributed by atoms with Crippen LogP contribution in [0.1, 0.15) is 18.5 Å². The number of benzene rings is 1. The van der Waals surface area contributed by atoms with Crippen LogP contribution in [0.4, 0.5) is 0 Å². The first-order chi connectivity index (χ1) is 6.77. The summed E-state index contributed by atoms with van der Waals surface area (Å²) in [6.07, 6.45) is 0. The summed E-state index contributed by atoms with van der Waals surface area (Å²) in [6, 6.07) is 8.93. The molecule has 1 aliphatic heterocycles. The molecule has 1 heterocycles. The highest BCUT2D eigenvalue weighted by molar-refractivity contribution is 6.31. The van der Waals surface area contributed by atoms with E-state index in [-0.39, 0.29) is 0 Å². The fourth-order valence-electron chi connectivity index (χ4n) is 1.68. The minimum atomic E-state index is 0.329. The van der Waals surface area contributed by atoms with Crippen molar-refractivity contribution in [2.75, 3.05) is 13.1 Å². The van der Waals surface area contributed by atoms with Crippen LogP contribution in [0, 0.1) is 0 Å². The number of hydrogen-bond donors (Lipinski definition) is 2. The van der Waals surface area contributed by atoms with E-state index in [0.29, 0.717) is 12.1 Å². The van der Waals surface area contributed by atoms with Gasteiger partial charge in [0.05, 0.1) is 0 Å². The molecular weight excluding hydrogens is 196 g/mol. The molecule has 0 spiro atoms. The lowest BCUT2D eigenvalue weighted by molar-refractivity contribution is 0.338. The standard InChI is InChI=1S/C11H15ClN2/c1-8(14-9-6-13-7-9)10-4-2-3-5-11(10)12/h2-5,8-9,13-14H,6-7H2,1H3. The molecule has 0 saturated carbocycles. The SMILES string of the molecule is CC(NC1CNC1)c1ccccc1Cl. The number of rotatable bonds is 3. The van der Waals surface area contributed by atoms with Crippen LogP contribution < -0.4 is 10.6 Å².